The van der Waals surface area contributed by atoms with Gasteiger partial charge in [0.05, 0.1) is 5.69 Å². The highest BCUT2D eigenvalue weighted by Crippen LogP contribution is 2.30. The summed E-state index contributed by atoms with van der Waals surface area (Å²) in [6, 6.07) is 3.81. The summed E-state index contributed by atoms with van der Waals surface area (Å²) < 4.78 is 6.74. The van der Waals surface area contributed by atoms with E-state index in [1.54, 1.807) is 0 Å². The van der Waals surface area contributed by atoms with Gasteiger partial charge in [0.2, 0.25) is 0 Å². The largest absolute Gasteiger partial charge is 0.439 e. The number of anilines is 1. The molecule has 0 bridgehead atoms. The molecule has 0 spiro atoms. The molecule has 1 fully saturated rings. The zero-order valence-electron chi connectivity index (χ0n) is 9.99. The van der Waals surface area contributed by atoms with E-state index in [1.165, 1.54) is 24.3 Å². The van der Waals surface area contributed by atoms with Crippen LogP contribution in [0.2, 0.25) is 0 Å². The topological polar surface area (TPSA) is 52.0 Å². The number of benzene rings is 1. The molecule has 1 saturated heterocycles. The van der Waals surface area contributed by atoms with Crippen LogP contribution in [0.25, 0.3) is 11.1 Å². The van der Waals surface area contributed by atoms with Gasteiger partial charge in [0.15, 0.2) is 11.5 Å². The first-order valence-corrected chi connectivity index (χ1v) is 8.09. The van der Waals surface area contributed by atoms with Gasteiger partial charge in [-0.15, -0.1) is 0 Å². The molecule has 0 atom stereocenters. The summed E-state index contributed by atoms with van der Waals surface area (Å²) in [7, 11) is 0. The van der Waals surface area contributed by atoms with E-state index in [2.05, 4.69) is 20.9 Å². The number of halogens is 1. The second-order valence-corrected chi connectivity index (χ2v) is 6.85. The normalized spacial score (nSPS) is 17.4. The SMILES string of the molecule is Nc1cc(Br)cc2nc(CC3CCSCC3)oc12. The monoisotopic (exact) mass is 326 g/mol. The van der Waals surface area contributed by atoms with Crippen molar-refractivity contribution in [3.8, 4) is 0 Å². The molecule has 1 aliphatic heterocycles. The number of nitrogens with zero attached hydrogens (tertiary/aromatic N) is 1. The lowest BCUT2D eigenvalue weighted by atomic mass is 9.99. The first-order valence-electron chi connectivity index (χ1n) is 6.14. The lowest BCUT2D eigenvalue weighted by Gasteiger charge is -2.19. The Hall–Kier alpha value is -0.680. The van der Waals surface area contributed by atoms with Crippen molar-refractivity contribution in [3.63, 3.8) is 0 Å². The maximum Gasteiger partial charge on any atom is 0.195 e. The molecule has 2 heterocycles. The second kappa shape index (κ2) is 5.13. The minimum absolute atomic E-state index is 0.650. The Bertz CT molecular complexity index is 563. The molecule has 0 radical (unpaired) electrons. The summed E-state index contributed by atoms with van der Waals surface area (Å²) in [5.74, 6) is 4.06. The van der Waals surface area contributed by atoms with E-state index in [0.29, 0.717) is 11.6 Å². The van der Waals surface area contributed by atoms with E-state index < -0.39 is 0 Å². The number of hydrogen-bond acceptors (Lipinski definition) is 4. The molecule has 96 valence electrons. The summed E-state index contributed by atoms with van der Waals surface area (Å²) in [4.78, 5) is 4.55. The van der Waals surface area contributed by atoms with Gasteiger partial charge >= 0.3 is 0 Å². The quantitative estimate of drug-likeness (QED) is 0.851. The summed E-state index contributed by atoms with van der Waals surface area (Å²) in [6.07, 6.45) is 3.47. The zero-order valence-corrected chi connectivity index (χ0v) is 12.4. The summed E-state index contributed by atoms with van der Waals surface area (Å²) >= 11 is 5.47. The van der Waals surface area contributed by atoms with E-state index in [1.807, 2.05) is 23.9 Å². The fourth-order valence-corrected chi connectivity index (χ4v) is 4.02. The Morgan fingerprint density at radius 1 is 1.39 bits per heavy atom. The molecule has 0 saturated carbocycles. The van der Waals surface area contributed by atoms with Crippen molar-refractivity contribution >= 4 is 44.5 Å². The molecule has 5 heteroatoms. The van der Waals surface area contributed by atoms with Crippen molar-refractivity contribution in [1.29, 1.82) is 0 Å². The second-order valence-electron chi connectivity index (χ2n) is 4.71. The fourth-order valence-electron chi connectivity index (χ4n) is 2.35. The van der Waals surface area contributed by atoms with Gasteiger partial charge in [-0.25, -0.2) is 4.98 Å². The Kier molecular flexibility index (Phi) is 3.52. The number of hydrogen-bond donors (Lipinski definition) is 1. The van der Waals surface area contributed by atoms with E-state index in [4.69, 9.17) is 10.2 Å². The van der Waals surface area contributed by atoms with Crippen LogP contribution in [0.4, 0.5) is 5.69 Å². The average molecular weight is 327 g/mol. The highest BCUT2D eigenvalue weighted by molar-refractivity contribution is 9.10. The molecule has 0 amide bonds. The number of aromatic nitrogens is 1. The molecule has 18 heavy (non-hydrogen) atoms. The number of fused-ring (bicyclic) bond motifs is 1. The number of rotatable bonds is 2. The first kappa shape index (κ1) is 12.4. The van der Waals surface area contributed by atoms with Crippen LogP contribution in [0.3, 0.4) is 0 Å². The van der Waals surface area contributed by atoms with Crippen molar-refractivity contribution in [1.82, 2.24) is 4.98 Å². The first-order chi connectivity index (χ1) is 8.72. The Balaban J connectivity index is 1.86. The van der Waals surface area contributed by atoms with Crippen LogP contribution in [0.1, 0.15) is 18.7 Å². The van der Waals surface area contributed by atoms with Gasteiger partial charge in [0.25, 0.3) is 0 Å². The third-order valence-corrected chi connectivity index (χ3v) is 4.84. The molecular weight excluding hydrogens is 312 g/mol. The molecule has 1 aromatic carbocycles. The third-order valence-electron chi connectivity index (χ3n) is 3.33. The fraction of sp³-hybridized carbons (Fsp3) is 0.462. The number of nitrogens with two attached hydrogens (primary N) is 1. The molecule has 2 N–H and O–H groups in total. The van der Waals surface area contributed by atoms with Crippen LogP contribution in [0.15, 0.2) is 21.0 Å². The van der Waals surface area contributed by atoms with Crippen LogP contribution < -0.4 is 5.73 Å². The smallest absolute Gasteiger partial charge is 0.195 e. The summed E-state index contributed by atoms with van der Waals surface area (Å²) in [5.41, 5.74) is 8.16. The highest BCUT2D eigenvalue weighted by atomic mass is 79.9. The minimum Gasteiger partial charge on any atom is -0.439 e. The number of oxazole rings is 1. The van der Waals surface area contributed by atoms with Crippen LogP contribution >= 0.6 is 27.7 Å². The molecule has 1 aliphatic rings. The van der Waals surface area contributed by atoms with Crippen LogP contribution in [0.5, 0.6) is 0 Å². The van der Waals surface area contributed by atoms with Gasteiger partial charge in [-0.1, -0.05) is 15.9 Å². The Morgan fingerprint density at radius 3 is 2.94 bits per heavy atom. The summed E-state index contributed by atoms with van der Waals surface area (Å²) in [6.45, 7) is 0. The van der Waals surface area contributed by atoms with E-state index >= 15 is 0 Å². The number of thioether (sulfide) groups is 1. The standard InChI is InChI=1S/C13H15BrN2OS/c14-9-6-10(15)13-11(7-9)16-12(17-13)5-8-1-3-18-4-2-8/h6-8H,1-5,15H2. The van der Waals surface area contributed by atoms with Crippen LogP contribution in [-0.4, -0.2) is 16.5 Å². The minimum atomic E-state index is 0.650. The molecule has 3 rings (SSSR count). The van der Waals surface area contributed by atoms with Gasteiger partial charge in [-0.3, -0.25) is 0 Å². The van der Waals surface area contributed by atoms with Gasteiger partial charge in [0, 0.05) is 10.9 Å². The molecule has 0 aliphatic carbocycles. The van der Waals surface area contributed by atoms with Crippen LogP contribution in [0, 0.1) is 5.92 Å². The number of nitrogen functional groups attached to an aromatic ring is 1. The maximum absolute atomic E-state index is 5.94. The third kappa shape index (κ3) is 2.52. The van der Waals surface area contributed by atoms with E-state index in [0.717, 1.165) is 27.9 Å². The van der Waals surface area contributed by atoms with Gasteiger partial charge < -0.3 is 10.2 Å². The predicted molar refractivity (Wildman–Crippen MR) is 79.9 cm³/mol. The lowest BCUT2D eigenvalue weighted by Crippen LogP contribution is -2.12. The van der Waals surface area contributed by atoms with Gasteiger partial charge in [-0.2, -0.15) is 11.8 Å². The lowest BCUT2D eigenvalue weighted by molar-refractivity contribution is 0.421. The molecule has 1 aromatic heterocycles. The zero-order chi connectivity index (χ0) is 12.5. The molecule has 3 nitrogen and oxygen atoms in total. The van der Waals surface area contributed by atoms with Crippen LogP contribution in [-0.2, 0) is 6.42 Å². The van der Waals surface area contributed by atoms with Crippen molar-refractivity contribution < 1.29 is 4.42 Å². The highest BCUT2D eigenvalue weighted by Gasteiger charge is 2.18. The Morgan fingerprint density at radius 2 is 2.17 bits per heavy atom. The van der Waals surface area contributed by atoms with Crippen molar-refractivity contribution in [2.24, 2.45) is 5.92 Å². The average Bonchev–Trinajstić information content (AvgIpc) is 2.73. The molecular formula is C13H15BrN2OS. The molecule has 0 unspecified atom stereocenters. The van der Waals surface area contributed by atoms with Gasteiger partial charge in [0.1, 0.15) is 5.52 Å². The predicted octanol–water partition coefficient (Wildman–Crippen LogP) is 3.86. The van der Waals surface area contributed by atoms with E-state index in [9.17, 15) is 0 Å². The maximum atomic E-state index is 5.94. The van der Waals surface area contributed by atoms with E-state index in [-0.39, 0.29) is 0 Å². The van der Waals surface area contributed by atoms with Crippen molar-refractivity contribution in [2.45, 2.75) is 19.3 Å². The van der Waals surface area contributed by atoms with Gasteiger partial charge in [-0.05, 0) is 42.4 Å². The van der Waals surface area contributed by atoms with Crippen molar-refractivity contribution in [3.05, 3.63) is 22.5 Å². The van der Waals surface area contributed by atoms with Crippen molar-refractivity contribution in [2.75, 3.05) is 17.2 Å². The summed E-state index contributed by atoms with van der Waals surface area (Å²) in [5, 5.41) is 0. The Labute approximate surface area is 119 Å². The molecule has 2 aromatic rings.